The average Bonchev–Trinajstić information content (AvgIpc) is 2.48. The van der Waals surface area contributed by atoms with Gasteiger partial charge in [-0.3, -0.25) is 4.79 Å². The standard InChI is InChI=1S/C16H13Cl2FO3/c1-2-21-15-6-10(8-20)5-14(18)16(15)22-9-11-3-4-12(19)7-13(11)17/h3-8H,2,9H2,1H3. The molecule has 0 aliphatic heterocycles. The van der Waals surface area contributed by atoms with Gasteiger partial charge in [0.2, 0.25) is 0 Å². The maximum atomic E-state index is 13.0. The first-order chi connectivity index (χ1) is 10.5. The zero-order valence-corrected chi connectivity index (χ0v) is 13.2. The molecule has 0 saturated carbocycles. The van der Waals surface area contributed by atoms with E-state index in [-0.39, 0.29) is 16.7 Å². The van der Waals surface area contributed by atoms with Crippen LogP contribution in [-0.4, -0.2) is 12.9 Å². The number of carbonyl (C=O) groups excluding carboxylic acids is 1. The van der Waals surface area contributed by atoms with Crippen LogP contribution in [-0.2, 0) is 6.61 Å². The summed E-state index contributed by atoms with van der Waals surface area (Å²) in [5, 5.41) is 0.518. The smallest absolute Gasteiger partial charge is 0.180 e. The summed E-state index contributed by atoms with van der Waals surface area (Å²) in [4.78, 5) is 10.9. The van der Waals surface area contributed by atoms with E-state index in [9.17, 15) is 9.18 Å². The molecule has 0 unspecified atom stereocenters. The third-order valence-electron chi connectivity index (χ3n) is 2.85. The Hall–Kier alpha value is -1.78. The fourth-order valence-corrected chi connectivity index (χ4v) is 2.34. The van der Waals surface area contributed by atoms with Gasteiger partial charge in [0.05, 0.1) is 16.7 Å². The lowest BCUT2D eigenvalue weighted by Gasteiger charge is -2.14. The minimum Gasteiger partial charge on any atom is -0.490 e. The molecule has 22 heavy (non-hydrogen) atoms. The molecule has 3 nitrogen and oxygen atoms in total. The fourth-order valence-electron chi connectivity index (χ4n) is 1.85. The van der Waals surface area contributed by atoms with E-state index >= 15 is 0 Å². The van der Waals surface area contributed by atoms with E-state index in [2.05, 4.69) is 0 Å². The summed E-state index contributed by atoms with van der Waals surface area (Å²) in [6, 6.07) is 7.07. The molecule has 6 heteroatoms. The van der Waals surface area contributed by atoms with Crippen molar-refractivity contribution in [2.45, 2.75) is 13.5 Å². The predicted molar refractivity (Wildman–Crippen MR) is 83.8 cm³/mol. The maximum absolute atomic E-state index is 13.0. The first-order valence-electron chi connectivity index (χ1n) is 6.53. The van der Waals surface area contributed by atoms with Crippen molar-refractivity contribution in [3.8, 4) is 11.5 Å². The molecule has 0 aliphatic carbocycles. The summed E-state index contributed by atoms with van der Waals surface area (Å²) >= 11 is 12.1. The molecule has 0 aromatic heterocycles. The molecule has 2 aromatic rings. The summed E-state index contributed by atoms with van der Waals surface area (Å²) in [6.07, 6.45) is 0.676. The van der Waals surface area contributed by atoms with Gasteiger partial charge >= 0.3 is 0 Å². The van der Waals surface area contributed by atoms with E-state index < -0.39 is 5.82 Å². The molecule has 2 rings (SSSR count). The Bertz CT molecular complexity index is 689. The fraction of sp³-hybridized carbons (Fsp3) is 0.188. The molecular formula is C16H13Cl2FO3. The van der Waals surface area contributed by atoms with Crippen molar-refractivity contribution in [1.82, 2.24) is 0 Å². The summed E-state index contributed by atoms with van der Waals surface area (Å²) < 4.78 is 24.1. The number of carbonyl (C=O) groups is 1. The van der Waals surface area contributed by atoms with Crippen molar-refractivity contribution in [1.29, 1.82) is 0 Å². The van der Waals surface area contributed by atoms with Crippen LogP contribution in [0.1, 0.15) is 22.8 Å². The van der Waals surface area contributed by atoms with Crippen LogP contribution < -0.4 is 9.47 Å². The Balaban J connectivity index is 2.26. The quantitative estimate of drug-likeness (QED) is 0.698. The van der Waals surface area contributed by atoms with Gasteiger partial charge in [-0.25, -0.2) is 4.39 Å². The van der Waals surface area contributed by atoms with Crippen molar-refractivity contribution in [2.75, 3.05) is 6.61 Å². The van der Waals surface area contributed by atoms with Gasteiger partial charge in [0, 0.05) is 11.1 Å². The van der Waals surface area contributed by atoms with Crippen LogP contribution in [0.15, 0.2) is 30.3 Å². The van der Waals surface area contributed by atoms with Crippen molar-refractivity contribution in [3.05, 3.63) is 57.3 Å². The van der Waals surface area contributed by atoms with Gasteiger partial charge < -0.3 is 9.47 Å². The second kappa shape index (κ2) is 7.47. The molecule has 0 spiro atoms. The summed E-state index contributed by atoms with van der Waals surface area (Å²) in [5.41, 5.74) is 1.00. The number of halogens is 3. The summed E-state index contributed by atoms with van der Waals surface area (Å²) in [7, 11) is 0. The van der Waals surface area contributed by atoms with Crippen molar-refractivity contribution in [2.24, 2.45) is 0 Å². The highest BCUT2D eigenvalue weighted by Crippen LogP contribution is 2.37. The van der Waals surface area contributed by atoms with E-state index in [1.807, 2.05) is 6.92 Å². The van der Waals surface area contributed by atoms with Gasteiger partial charge in [-0.1, -0.05) is 29.3 Å². The van der Waals surface area contributed by atoms with Crippen LogP contribution in [0, 0.1) is 5.82 Å². The van der Waals surface area contributed by atoms with Crippen LogP contribution in [0.2, 0.25) is 10.0 Å². The van der Waals surface area contributed by atoms with Crippen LogP contribution in [0.3, 0.4) is 0 Å². The number of aldehydes is 1. The number of ether oxygens (including phenoxy) is 2. The van der Waals surface area contributed by atoms with Gasteiger partial charge in [-0.05, 0) is 31.2 Å². The van der Waals surface area contributed by atoms with Gasteiger partial charge in [-0.15, -0.1) is 0 Å². The Morgan fingerprint density at radius 1 is 1.14 bits per heavy atom. The normalized spacial score (nSPS) is 10.4. The highest BCUT2D eigenvalue weighted by Gasteiger charge is 2.13. The average molecular weight is 343 g/mol. The number of benzene rings is 2. The molecule has 0 fully saturated rings. The highest BCUT2D eigenvalue weighted by atomic mass is 35.5. The number of hydrogen-bond acceptors (Lipinski definition) is 3. The zero-order chi connectivity index (χ0) is 16.1. The first-order valence-corrected chi connectivity index (χ1v) is 7.29. The highest BCUT2D eigenvalue weighted by molar-refractivity contribution is 6.32. The summed E-state index contributed by atoms with van der Waals surface area (Å²) in [5.74, 6) is 0.266. The zero-order valence-electron chi connectivity index (χ0n) is 11.7. The molecule has 0 aliphatic rings. The minimum atomic E-state index is -0.419. The second-order valence-electron chi connectivity index (χ2n) is 4.41. The number of rotatable bonds is 6. The van der Waals surface area contributed by atoms with E-state index in [0.29, 0.717) is 35.5 Å². The lowest BCUT2D eigenvalue weighted by molar-refractivity contribution is 0.112. The molecule has 0 bridgehead atoms. The third-order valence-corrected chi connectivity index (χ3v) is 3.49. The SMILES string of the molecule is CCOc1cc(C=O)cc(Cl)c1OCc1ccc(F)cc1Cl. The molecule has 0 N–H and O–H groups in total. The molecule has 0 heterocycles. The Morgan fingerprint density at radius 2 is 1.91 bits per heavy atom. The molecule has 2 aromatic carbocycles. The van der Waals surface area contributed by atoms with Crippen LogP contribution in [0.4, 0.5) is 4.39 Å². The van der Waals surface area contributed by atoms with E-state index in [1.165, 1.54) is 24.3 Å². The van der Waals surface area contributed by atoms with E-state index in [1.54, 1.807) is 6.07 Å². The van der Waals surface area contributed by atoms with Crippen LogP contribution in [0.25, 0.3) is 0 Å². The van der Waals surface area contributed by atoms with E-state index in [0.717, 1.165) is 0 Å². The Kier molecular flexibility index (Phi) is 5.63. The van der Waals surface area contributed by atoms with Crippen molar-refractivity contribution < 1.29 is 18.7 Å². The van der Waals surface area contributed by atoms with E-state index in [4.69, 9.17) is 32.7 Å². The molecule has 0 saturated heterocycles. The minimum absolute atomic E-state index is 0.0966. The third kappa shape index (κ3) is 3.90. The van der Waals surface area contributed by atoms with Gasteiger partial charge in [0.25, 0.3) is 0 Å². The molecular weight excluding hydrogens is 330 g/mol. The predicted octanol–water partition coefficient (Wildman–Crippen LogP) is 4.92. The van der Waals surface area contributed by atoms with Gasteiger partial charge in [-0.2, -0.15) is 0 Å². The van der Waals surface area contributed by atoms with Gasteiger partial charge in [0.1, 0.15) is 18.7 Å². The largest absolute Gasteiger partial charge is 0.490 e. The molecule has 0 atom stereocenters. The van der Waals surface area contributed by atoms with Crippen molar-refractivity contribution >= 4 is 29.5 Å². The molecule has 116 valence electrons. The maximum Gasteiger partial charge on any atom is 0.180 e. The Morgan fingerprint density at radius 3 is 2.55 bits per heavy atom. The topological polar surface area (TPSA) is 35.5 Å². The van der Waals surface area contributed by atoms with Crippen molar-refractivity contribution in [3.63, 3.8) is 0 Å². The molecule has 0 radical (unpaired) electrons. The van der Waals surface area contributed by atoms with Crippen LogP contribution >= 0.6 is 23.2 Å². The molecule has 0 amide bonds. The lowest BCUT2D eigenvalue weighted by Crippen LogP contribution is -2.02. The Labute approximate surface area is 137 Å². The summed E-state index contributed by atoms with van der Waals surface area (Å²) in [6.45, 7) is 2.30. The monoisotopic (exact) mass is 342 g/mol. The lowest BCUT2D eigenvalue weighted by atomic mass is 10.2. The number of hydrogen-bond donors (Lipinski definition) is 0. The van der Waals surface area contributed by atoms with Gasteiger partial charge in [0.15, 0.2) is 11.5 Å². The first kappa shape index (κ1) is 16.6. The van der Waals surface area contributed by atoms with Crippen LogP contribution in [0.5, 0.6) is 11.5 Å². The second-order valence-corrected chi connectivity index (χ2v) is 5.22.